The van der Waals surface area contributed by atoms with Crippen LogP contribution in [0.2, 0.25) is 0 Å². The molecule has 2 N–H and O–H groups in total. The van der Waals surface area contributed by atoms with Gasteiger partial charge in [0.1, 0.15) is 6.04 Å². The van der Waals surface area contributed by atoms with Crippen LogP contribution in [0.15, 0.2) is 18.2 Å². The number of hydrogen-bond acceptors (Lipinski definition) is 5. The highest BCUT2D eigenvalue weighted by molar-refractivity contribution is 5.85. The predicted octanol–water partition coefficient (Wildman–Crippen LogP) is 1.17. The predicted molar refractivity (Wildman–Crippen MR) is 70.5 cm³/mol. The molecule has 0 fully saturated rings. The third-order valence-electron chi connectivity index (χ3n) is 2.41. The topological polar surface area (TPSA) is 70.8 Å². The largest absolute Gasteiger partial charge is 0.493 e. The standard InChI is InChI=1S/C12H17NO4.ClH/c1-15-10-5-4-8(7-11(10)16-2)6-9(13)12(14)17-3;/h4-5,7,9H,6,13H2,1-3H3;1H/t9-;/m1./s1. The first-order valence-electron chi connectivity index (χ1n) is 5.16. The highest BCUT2D eigenvalue weighted by Gasteiger charge is 2.15. The van der Waals surface area contributed by atoms with Crippen LogP contribution in [-0.4, -0.2) is 33.3 Å². The van der Waals surface area contributed by atoms with Crippen molar-refractivity contribution in [2.24, 2.45) is 5.73 Å². The van der Waals surface area contributed by atoms with Gasteiger partial charge >= 0.3 is 5.97 Å². The summed E-state index contributed by atoms with van der Waals surface area (Å²) in [6.45, 7) is 0. The van der Waals surface area contributed by atoms with Crippen molar-refractivity contribution in [3.05, 3.63) is 23.8 Å². The lowest BCUT2D eigenvalue weighted by Gasteiger charge is -2.12. The normalized spacial score (nSPS) is 11.1. The van der Waals surface area contributed by atoms with Crippen LogP contribution < -0.4 is 15.2 Å². The van der Waals surface area contributed by atoms with Crippen LogP contribution in [0.5, 0.6) is 11.5 Å². The monoisotopic (exact) mass is 275 g/mol. The molecule has 102 valence electrons. The summed E-state index contributed by atoms with van der Waals surface area (Å²) >= 11 is 0. The molecule has 0 unspecified atom stereocenters. The summed E-state index contributed by atoms with van der Waals surface area (Å²) in [6, 6.07) is 4.74. The molecule has 0 aromatic heterocycles. The van der Waals surface area contributed by atoms with Gasteiger partial charge in [-0.25, -0.2) is 0 Å². The van der Waals surface area contributed by atoms with Crippen molar-refractivity contribution >= 4 is 18.4 Å². The molecule has 0 bridgehead atoms. The number of ether oxygens (including phenoxy) is 3. The number of nitrogens with two attached hydrogens (primary N) is 1. The van der Waals surface area contributed by atoms with Crippen LogP contribution in [0.3, 0.4) is 0 Å². The fourth-order valence-electron chi connectivity index (χ4n) is 1.50. The Morgan fingerprint density at radius 2 is 1.83 bits per heavy atom. The summed E-state index contributed by atoms with van der Waals surface area (Å²) in [4.78, 5) is 11.2. The average molecular weight is 276 g/mol. The van der Waals surface area contributed by atoms with Crippen molar-refractivity contribution in [2.75, 3.05) is 21.3 Å². The number of hydrogen-bond donors (Lipinski definition) is 1. The zero-order valence-corrected chi connectivity index (χ0v) is 11.5. The second-order valence-corrected chi connectivity index (χ2v) is 3.52. The van der Waals surface area contributed by atoms with Gasteiger partial charge in [0, 0.05) is 0 Å². The maximum atomic E-state index is 11.2. The fraction of sp³-hybridized carbons (Fsp3) is 0.417. The fourth-order valence-corrected chi connectivity index (χ4v) is 1.50. The number of halogens is 1. The molecule has 5 nitrogen and oxygen atoms in total. The second-order valence-electron chi connectivity index (χ2n) is 3.52. The molecular weight excluding hydrogens is 258 g/mol. The smallest absolute Gasteiger partial charge is 0.322 e. The zero-order chi connectivity index (χ0) is 12.8. The lowest BCUT2D eigenvalue weighted by molar-refractivity contribution is -0.142. The summed E-state index contributed by atoms with van der Waals surface area (Å²) in [5.41, 5.74) is 6.56. The van der Waals surface area contributed by atoms with Gasteiger partial charge in [0.25, 0.3) is 0 Å². The minimum absolute atomic E-state index is 0. The van der Waals surface area contributed by atoms with Gasteiger partial charge in [-0.05, 0) is 24.1 Å². The Hall–Kier alpha value is -1.46. The Kier molecular flexibility index (Phi) is 7.16. The quantitative estimate of drug-likeness (QED) is 0.817. The van der Waals surface area contributed by atoms with E-state index in [2.05, 4.69) is 4.74 Å². The SMILES string of the molecule is COC(=O)[C@H](N)Cc1ccc(OC)c(OC)c1.Cl. The molecule has 1 rings (SSSR count). The van der Waals surface area contributed by atoms with Gasteiger partial charge in [0.15, 0.2) is 11.5 Å². The van der Waals surface area contributed by atoms with Crippen LogP contribution >= 0.6 is 12.4 Å². The van der Waals surface area contributed by atoms with Gasteiger partial charge in [-0.2, -0.15) is 0 Å². The van der Waals surface area contributed by atoms with Crippen molar-refractivity contribution in [2.45, 2.75) is 12.5 Å². The van der Waals surface area contributed by atoms with Crippen LogP contribution in [0.4, 0.5) is 0 Å². The van der Waals surface area contributed by atoms with Gasteiger partial charge in [-0.3, -0.25) is 4.79 Å². The van der Waals surface area contributed by atoms with E-state index in [1.165, 1.54) is 7.11 Å². The van der Waals surface area contributed by atoms with E-state index in [9.17, 15) is 4.79 Å². The van der Waals surface area contributed by atoms with Crippen LogP contribution in [0.1, 0.15) is 5.56 Å². The molecule has 1 aromatic rings. The number of esters is 1. The van der Waals surface area contributed by atoms with E-state index in [4.69, 9.17) is 15.2 Å². The van der Waals surface area contributed by atoms with E-state index in [1.54, 1.807) is 26.4 Å². The molecule has 18 heavy (non-hydrogen) atoms. The van der Waals surface area contributed by atoms with Gasteiger partial charge in [-0.1, -0.05) is 6.07 Å². The first-order chi connectivity index (χ1) is 8.12. The summed E-state index contributed by atoms with van der Waals surface area (Å²) in [7, 11) is 4.44. The van der Waals surface area contributed by atoms with Crippen molar-refractivity contribution in [1.82, 2.24) is 0 Å². The van der Waals surface area contributed by atoms with E-state index in [0.717, 1.165) is 5.56 Å². The highest BCUT2D eigenvalue weighted by atomic mass is 35.5. The Balaban J connectivity index is 0.00000289. The van der Waals surface area contributed by atoms with Crippen LogP contribution in [-0.2, 0) is 16.0 Å². The summed E-state index contributed by atoms with van der Waals surface area (Å²) in [5.74, 6) is 0.824. The summed E-state index contributed by atoms with van der Waals surface area (Å²) in [5, 5.41) is 0. The van der Waals surface area contributed by atoms with Gasteiger partial charge in [0.2, 0.25) is 0 Å². The molecule has 1 atom stereocenters. The Morgan fingerprint density at radius 1 is 1.22 bits per heavy atom. The lowest BCUT2D eigenvalue weighted by Crippen LogP contribution is -2.33. The molecule has 0 saturated carbocycles. The van der Waals surface area contributed by atoms with Gasteiger partial charge < -0.3 is 19.9 Å². The van der Waals surface area contributed by atoms with Crippen LogP contribution in [0, 0.1) is 0 Å². The molecule has 0 saturated heterocycles. The molecule has 0 aliphatic rings. The van der Waals surface area contributed by atoms with Crippen molar-refractivity contribution in [3.63, 3.8) is 0 Å². The van der Waals surface area contributed by atoms with Gasteiger partial charge in [-0.15, -0.1) is 12.4 Å². The molecule has 0 radical (unpaired) electrons. The number of methoxy groups -OCH3 is 3. The number of benzene rings is 1. The average Bonchev–Trinajstić information content (AvgIpc) is 2.37. The van der Waals surface area contributed by atoms with Gasteiger partial charge in [0.05, 0.1) is 21.3 Å². The molecule has 0 heterocycles. The third kappa shape index (κ3) is 4.09. The van der Waals surface area contributed by atoms with Crippen molar-refractivity contribution < 1.29 is 19.0 Å². The third-order valence-corrected chi connectivity index (χ3v) is 2.41. The molecule has 6 heteroatoms. The molecule has 1 aromatic carbocycles. The first-order valence-corrected chi connectivity index (χ1v) is 5.16. The number of carbonyl (C=O) groups is 1. The van der Waals surface area contributed by atoms with E-state index < -0.39 is 12.0 Å². The van der Waals surface area contributed by atoms with Crippen LogP contribution in [0.25, 0.3) is 0 Å². The zero-order valence-electron chi connectivity index (χ0n) is 10.6. The van der Waals surface area contributed by atoms with E-state index in [-0.39, 0.29) is 12.4 Å². The summed E-state index contributed by atoms with van der Waals surface area (Å²) in [6.07, 6.45) is 0.396. The first kappa shape index (κ1) is 16.5. The minimum atomic E-state index is -0.668. The van der Waals surface area contributed by atoms with E-state index >= 15 is 0 Å². The molecule has 0 aliphatic carbocycles. The van der Waals surface area contributed by atoms with E-state index in [1.807, 2.05) is 6.07 Å². The maximum absolute atomic E-state index is 11.2. The second kappa shape index (κ2) is 7.79. The Labute approximate surface area is 113 Å². The summed E-state index contributed by atoms with van der Waals surface area (Å²) < 4.78 is 14.8. The number of rotatable bonds is 5. The molecule has 0 aliphatic heterocycles. The van der Waals surface area contributed by atoms with Crippen molar-refractivity contribution in [3.8, 4) is 11.5 Å². The highest BCUT2D eigenvalue weighted by Crippen LogP contribution is 2.27. The molecule has 0 amide bonds. The molecular formula is C12H18ClNO4. The Bertz CT molecular complexity index is 398. The lowest BCUT2D eigenvalue weighted by atomic mass is 10.1. The minimum Gasteiger partial charge on any atom is -0.493 e. The molecule has 0 spiro atoms. The van der Waals surface area contributed by atoms with Crippen molar-refractivity contribution in [1.29, 1.82) is 0 Å². The maximum Gasteiger partial charge on any atom is 0.322 e. The Morgan fingerprint density at radius 3 is 2.33 bits per heavy atom. The number of carbonyl (C=O) groups excluding carboxylic acids is 1. The van der Waals surface area contributed by atoms with E-state index in [0.29, 0.717) is 17.9 Å².